The second kappa shape index (κ2) is 8.03. The molecule has 1 aliphatic rings. The molecule has 4 rings (SSSR count). The number of benzene rings is 1. The molecule has 1 aromatic carbocycles. The highest BCUT2D eigenvalue weighted by Crippen LogP contribution is 2.32. The Balaban J connectivity index is 1.65. The molecule has 0 aliphatic carbocycles. The van der Waals surface area contributed by atoms with Crippen molar-refractivity contribution in [3.63, 3.8) is 0 Å². The lowest BCUT2D eigenvalue weighted by Crippen LogP contribution is -2.11. The van der Waals surface area contributed by atoms with Gasteiger partial charge in [-0.2, -0.15) is 0 Å². The molecule has 7 nitrogen and oxygen atoms in total. The van der Waals surface area contributed by atoms with E-state index in [2.05, 4.69) is 16.8 Å². The zero-order valence-corrected chi connectivity index (χ0v) is 18.6. The lowest BCUT2D eigenvalue weighted by atomic mass is 10.0. The second-order valence-electron chi connectivity index (χ2n) is 7.65. The van der Waals surface area contributed by atoms with E-state index in [1.807, 2.05) is 30.5 Å². The van der Waals surface area contributed by atoms with E-state index in [9.17, 15) is 13.2 Å². The molecule has 0 radical (unpaired) electrons. The molecule has 1 fully saturated rings. The van der Waals surface area contributed by atoms with Gasteiger partial charge in [-0.05, 0) is 49.1 Å². The lowest BCUT2D eigenvalue weighted by molar-refractivity contribution is 0.559. The number of thioether (sulfide) groups is 1. The van der Waals surface area contributed by atoms with E-state index in [0.29, 0.717) is 35.3 Å². The summed E-state index contributed by atoms with van der Waals surface area (Å²) in [5, 5.41) is 10.2. The van der Waals surface area contributed by atoms with E-state index >= 15 is 0 Å². The van der Waals surface area contributed by atoms with E-state index in [1.165, 1.54) is 17.8 Å². The highest BCUT2D eigenvalue weighted by molar-refractivity contribution is 7.98. The van der Waals surface area contributed by atoms with Crippen LogP contribution < -0.4 is 5.63 Å². The zero-order chi connectivity index (χ0) is 21.5. The van der Waals surface area contributed by atoms with Crippen LogP contribution >= 0.6 is 11.8 Å². The molecule has 158 valence electrons. The van der Waals surface area contributed by atoms with Gasteiger partial charge in [0.15, 0.2) is 15.0 Å². The topological polar surface area (TPSA) is 95.1 Å². The standard InChI is InChI=1S/C21H23N3O4S2/c1-4-6-24-20(15-5-7-30(26,27)12-15)22-23-21(24)29-11-16-10-19(25)28-18-9-14(3)13(2)8-17(16)18/h4,8-10,15H,1,5-7,11-12H2,2-3H3. The van der Waals surface area contributed by atoms with Crippen LogP contribution in [0.25, 0.3) is 11.0 Å². The minimum Gasteiger partial charge on any atom is -0.423 e. The smallest absolute Gasteiger partial charge is 0.336 e. The molecule has 0 amide bonds. The van der Waals surface area contributed by atoms with Crippen LogP contribution in [0.4, 0.5) is 0 Å². The Labute approximate surface area is 179 Å². The molecular formula is C21H23N3O4S2. The SMILES string of the molecule is C=CCn1c(SCc2cc(=O)oc3cc(C)c(C)cc23)nnc1C1CCS(=O)(=O)C1. The number of aryl methyl sites for hydroxylation is 2. The maximum absolute atomic E-state index is 12.0. The summed E-state index contributed by atoms with van der Waals surface area (Å²) in [6, 6.07) is 5.44. The average Bonchev–Trinajstić information content (AvgIpc) is 3.24. The Morgan fingerprint density at radius 3 is 2.73 bits per heavy atom. The third-order valence-electron chi connectivity index (χ3n) is 5.46. The van der Waals surface area contributed by atoms with E-state index in [1.54, 1.807) is 6.08 Å². The molecule has 1 atom stereocenters. The van der Waals surface area contributed by atoms with Crippen LogP contribution in [-0.2, 0) is 22.1 Å². The molecule has 9 heteroatoms. The van der Waals surface area contributed by atoms with Crippen molar-refractivity contribution in [2.45, 2.75) is 43.6 Å². The van der Waals surface area contributed by atoms with Gasteiger partial charge in [0.05, 0.1) is 11.5 Å². The molecule has 1 aliphatic heterocycles. The molecule has 0 N–H and O–H groups in total. The summed E-state index contributed by atoms with van der Waals surface area (Å²) in [4.78, 5) is 12.0. The van der Waals surface area contributed by atoms with Crippen LogP contribution in [0.5, 0.6) is 0 Å². The van der Waals surface area contributed by atoms with Gasteiger partial charge in [-0.15, -0.1) is 16.8 Å². The number of hydrogen-bond acceptors (Lipinski definition) is 7. The summed E-state index contributed by atoms with van der Waals surface area (Å²) in [7, 11) is -3.02. The molecule has 0 saturated carbocycles. The quantitative estimate of drug-likeness (QED) is 0.326. The molecule has 1 saturated heterocycles. The number of rotatable bonds is 6. The molecule has 3 aromatic rings. The monoisotopic (exact) mass is 445 g/mol. The largest absolute Gasteiger partial charge is 0.423 e. The molecule has 30 heavy (non-hydrogen) atoms. The first-order chi connectivity index (χ1) is 14.3. The van der Waals surface area contributed by atoms with Crippen molar-refractivity contribution in [3.05, 3.63) is 63.8 Å². The number of hydrogen-bond donors (Lipinski definition) is 0. The first-order valence-corrected chi connectivity index (χ1v) is 12.5. The van der Waals surface area contributed by atoms with Crippen molar-refractivity contribution in [2.24, 2.45) is 0 Å². The van der Waals surface area contributed by atoms with Gasteiger partial charge in [0.1, 0.15) is 11.4 Å². The van der Waals surface area contributed by atoms with Crippen LogP contribution in [0, 0.1) is 13.8 Å². The Hall–Kier alpha value is -2.39. The maximum atomic E-state index is 12.0. The Bertz CT molecular complexity index is 1290. The summed E-state index contributed by atoms with van der Waals surface area (Å²) in [6.07, 6.45) is 2.31. The van der Waals surface area contributed by atoms with Gasteiger partial charge in [-0.1, -0.05) is 17.8 Å². The fourth-order valence-electron chi connectivity index (χ4n) is 3.75. The van der Waals surface area contributed by atoms with E-state index in [4.69, 9.17) is 4.42 Å². The van der Waals surface area contributed by atoms with Crippen molar-refractivity contribution in [3.8, 4) is 0 Å². The minimum atomic E-state index is -3.02. The zero-order valence-electron chi connectivity index (χ0n) is 16.9. The first-order valence-electron chi connectivity index (χ1n) is 9.68. The van der Waals surface area contributed by atoms with Crippen LogP contribution in [0.1, 0.15) is 34.9 Å². The van der Waals surface area contributed by atoms with Crippen molar-refractivity contribution in [2.75, 3.05) is 11.5 Å². The van der Waals surface area contributed by atoms with Crippen LogP contribution in [-0.4, -0.2) is 34.7 Å². The predicted molar refractivity (Wildman–Crippen MR) is 118 cm³/mol. The van der Waals surface area contributed by atoms with Gasteiger partial charge in [-0.3, -0.25) is 0 Å². The molecule has 1 unspecified atom stereocenters. The number of allylic oxidation sites excluding steroid dienone is 1. The lowest BCUT2D eigenvalue weighted by Gasteiger charge is -2.12. The normalized spacial score (nSPS) is 18.1. The number of fused-ring (bicyclic) bond motifs is 1. The van der Waals surface area contributed by atoms with Crippen LogP contribution in [0.15, 0.2) is 45.2 Å². The van der Waals surface area contributed by atoms with Gasteiger partial charge in [0.2, 0.25) is 0 Å². The van der Waals surface area contributed by atoms with Crippen molar-refractivity contribution in [1.82, 2.24) is 14.8 Å². The molecule has 2 aromatic heterocycles. The Morgan fingerprint density at radius 1 is 1.27 bits per heavy atom. The molecular weight excluding hydrogens is 422 g/mol. The molecule has 0 spiro atoms. The van der Waals surface area contributed by atoms with Crippen molar-refractivity contribution >= 4 is 32.6 Å². The summed E-state index contributed by atoms with van der Waals surface area (Å²) in [5.74, 6) is 1.35. The van der Waals surface area contributed by atoms with Gasteiger partial charge in [0.25, 0.3) is 0 Å². The van der Waals surface area contributed by atoms with Crippen molar-refractivity contribution < 1.29 is 12.8 Å². The first kappa shape index (κ1) is 20.9. The maximum Gasteiger partial charge on any atom is 0.336 e. The fraction of sp³-hybridized carbons (Fsp3) is 0.381. The van der Waals surface area contributed by atoms with E-state index in [-0.39, 0.29) is 23.0 Å². The van der Waals surface area contributed by atoms with Crippen molar-refractivity contribution in [1.29, 1.82) is 0 Å². The summed E-state index contributed by atoms with van der Waals surface area (Å²) >= 11 is 1.46. The number of nitrogens with zero attached hydrogens (tertiary/aromatic N) is 3. The van der Waals surface area contributed by atoms with Gasteiger partial charge in [-0.25, -0.2) is 13.2 Å². The van der Waals surface area contributed by atoms with Gasteiger partial charge < -0.3 is 8.98 Å². The molecule has 3 heterocycles. The van der Waals surface area contributed by atoms with E-state index in [0.717, 1.165) is 22.1 Å². The average molecular weight is 446 g/mol. The van der Waals surface area contributed by atoms with Gasteiger partial charge >= 0.3 is 5.63 Å². The van der Waals surface area contributed by atoms with Gasteiger partial charge in [0, 0.05) is 29.7 Å². The van der Waals surface area contributed by atoms with E-state index < -0.39 is 9.84 Å². The summed E-state index contributed by atoms with van der Waals surface area (Å²) in [6.45, 7) is 8.31. The second-order valence-corrected chi connectivity index (χ2v) is 10.8. The fourth-order valence-corrected chi connectivity index (χ4v) is 6.44. The highest BCUT2D eigenvalue weighted by atomic mass is 32.2. The third kappa shape index (κ3) is 4.09. The number of aromatic nitrogens is 3. The minimum absolute atomic E-state index is 0.107. The highest BCUT2D eigenvalue weighted by Gasteiger charge is 2.33. The summed E-state index contributed by atoms with van der Waals surface area (Å²) in [5.41, 5.74) is 3.25. The van der Waals surface area contributed by atoms with Crippen LogP contribution in [0.2, 0.25) is 0 Å². The Morgan fingerprint density at radius 2 is 2.03 bits per heavy atom. The van der Waals surface area contributed by atoms with Crippen LogP contribution in [0.3, 0.4) is 0 Å². The third-order valence-corrected chi connectivity index (χ3v) is 8.24. The number of sulfone groups is 1. The predicted octanol–water partition coefficient (Wildman–Crippen LogP) is 3.38. The Kier molecular flexibility index (Phi) is 5.59. The summed E-state index contributed by atoms with van der Waals surface area (Å²) < 4.78 is 31.1. The molecule has 0 bridgehead atoms.